The Morgan fingerprint density at radius 3 is 2.72 bits per heavy atom. The summed E-state index contributed by atoms with van der Waals surface area (Å²) in [4.78, 5) is 0. The number of nitrogens with zero attached hydrogens (tertiary/aromatic N) is 2. The van der Waals surface area contributed by atoms with Gasteiger partial charge in [-0.1, -0.05) is 30.3 Å². The van der Waals surface area contributed by atoms with Crippen molar-refractivity contribution in [3.63, 3.8) is 0 Å². The van der Waals surface area contributed by atoms with Crippen molar-refractivity contribution in [2.24, 2.45) is 5.92 Å². The Kier molecular flexibility index (Phi) is 3.43. The van der Waals surface area contributed by atoms with E-state index in [0.717, 1.165) is 33.3 Å². The van der Waals surface area contributed by atoms with Crippen molar-refractivity contribution in [2.45, 2.75) is 12.8 Å². The van der Waals surface area contributed by atoms with Gasteiger partial charge < -0.3 is 9.47 Å². The third-order valence-corrected chi connectivity index (χ3v) is 4.70. The molecule has 0 saturated heterocycles. The van der Waals surface area contributed by atoms with Gasteiger partial charge >= 0.3 is 0 Å². The van der Waals surface area contributed by atoms with Gasteiger partial charge in [-0.05, 0) is 23.9 Å². The second-order valence-electron chi connectivity index (χ2n) is 6.02. The Bertz CT molecular complexity index is 1030. The molecule has 124 valence electrons. The number of nitrogens with one attached hydrogen (secondary N) is 2. The number of ether oxygens (including phenoxy) is 2. The molecular weight excluding hydrogens is 316 g/mol. The van der Waals surface area contributed by atoms with Gasteiger partial charge in [-0.2, -0.15) is 5.26 Å². The molecule has 2 unspecified atom stereocenters. The minimum atomic E-state index is -0.708. The molecule has 4 rings (SSSR count). The number of hydrogen-bond acceptors (Lipinski definition) is 5. The zero-order valence-corrected chi connectivity index (χ0v) is 13.8. The van der Waals surface area contributed by atoms with E-state index in [2.05, 4.69) is 16.3 Å². The summed E-state index contributed by atoms with van der Waals surface area (Å²) in [5.41, 5.74) is 2.63. The number of rotatable bonds is 2. The summed E-state index contributed by atoms with van der Waals surface area (Å²) in [7, 11) is 1.64. The molecule has 0 amide bonds. The lowest BCUT2D eigenvalue weighted by Gasteiger charge is -2.29. The Morgan fingerprint density at radius 1 is 1.24 bits per heavy atom. The lowest BCUT2D eigenvalue weighted by atomic mass is 9.78. The van der Waals surface area contributed by atoms with Crippen LogP contribution < -0.4 is 9.47 Å². The van der Waals surface area contributed by atoms with Crippen LogP contribution in [0.5, 0.6) is 11.6 Å². The van der Waals surface area contributed by atoms with Crippen molar-refractivity contribution in [1.29, 1.82) is 10.7 Å². The molecule has 1 aromatic heterocycles. The topological polar surface area (TPSA) is 94.8 Å². The van der Waals surface area contributed by atoms with E-state index < -0.39 is 5.92 Å². The monoisotopic (exact) mass is 332 g/mol. The van der Waals surface area contributed by atoms with Crippen LogP contribution in [0.1, 0.15) is 22.7 Å². The summed E-state index contributed by atoms with van der Waals surface area (Å²) in [6.45, 7) is 1.90. The van der Waals surface area contributed by atoms with E-state index in [1.807, 2.05) is 43.3 Å². The second-order valence-corrected chi connectivity index (χ2v) is 6.02. The van der Waals surface area contributed by atoms with Gasteiger partial charge in [0.15, 0.2) is 0 Å². The maximum Gasteiger partial charge on any atom is 0.243 e. The smallest absolute Gasteiger partial charge is 0.243 e. The number of aryl methyl sites for hydroxylation is 1. The summed E-state index contributed by atoms with van der Waals surface area (Å²) >= 11 is 0. The standard InChI is InChI=1S/C19H16N4O2/c1-10-16-17(14(9-20)18(21)25-19(16)23-22-10)13-7-8-15(24-2)12-6-4-3-5-11(12)13/h3-8,14,17,21H,1-2H3,(H,22,23). The molecular formula is C19H16N4O2. The van der Waals surface area contributed by atoms with Crippen molar-refractivity contribution in [3.05, 3.63) is 53.2 Å². The molecule has 3 aromatic rings. The number of hydrogen-bond donors (Lipinski definition) is 2. The molecule has 6 heteroatoms. The van der Waals surface area contributed by atoms with Crippen LogP contribution in [0.2, 0.25) is 0 Å². The van der Waals surface area contributed by atoms with E-state index in [1.54, 1.807) is 7.11 Å². The molecule has 2 heterocycles. The lowest BCUT2D eigenvalue weighted by Crippen LogP contribution is -2.31. The van der Waals surface area contributed by atoms with E-state index >= 15 is 0 Å². The van der Waals surface area contributed by atoms with E-state index in [-0.39, 0.29) is 11.8 Å². The maximum absolute atomic E-state index is 9.69. The van der Waals surface area contributed by atoms with E-state index in [0.29, 0.717) is 5.88 Å². The van der Waals surface area contributed by atoms with E-state index in [1.165, 1.54) is 0 Å². The number of H-pyrrole nitrogens is 1. The normalized spacial score (nSPS) is 19.2. The van der Waals surface area contributed by atoms with E-state index in [4.69, 9.17) is 14.9 Å². The van der Waals surface area contributed by atoms with Gasteiger partial charge in [-0.15, -0.1) is 5.10 Å². The van der Waals surface area contributed by atoms with Crippen LogP contribution in [0.25, 0.3) is 10.8 Å². The predicted octanol–water partition coefficient (Wildman–Crippen LogP) is 3.52. The van der Waals surface area contributed by atoms with Gasteiger partial charge in [0.25, 0.3) is 0 Å². The SMILES string of the molecule is COc1ccc(C2c3c(n[nH]c3C)OC(=N)C2C#N)c2ccccc12. The first-order valence-electron chi connectivity index (χ1n) is 7.92. The van der Waals surface area contributed by atoms with Crippen LogP contribution in [0.4, 0.5) is 0 Å². The van der Waals surface area contributed by atoms with Crippen LogP contribution in [0, 0.1) is 29.6 Å². The van der Waals surface area contributed by atoms with Crippen molar-refractivity contribution in [1.82, 2.24) is 10.2 Å². The van der Waals surface area contributed by atoms with Crippen molar-refractivity contribution in [2.75, 3.05) is 7.11 Å². The van der Waals surface area contributed by atoms with Crippen LogP contribution in [-0.2, 0) is 0 Å². The molecule has 1 aliphatic heterocycles. The fourth-order valence-electron chi connectivity index (χ4n) is 3.56. The molecule has 1 aliphatic rings. The highest BCUT2D eigenvalue weighted by Crippen LogP contribution is 2.45. The highest BCUT2D eigenvalue weighted by molar-refractivity contribution is 5.94. The molecule has 25 heavy (non-hydrogen) atoms. The number of nitriles is 1. The molecule has 0 bridgehead atoms. The Hall–Kier alpha value is -3.33. The zero-order chi connectivity index (χ0) is 17.6. The predicted molar refractivity (Wildman–Crippen MR) is 93.1 cm³/mol. The molecule has 2 atom stereocenters. The van der Waals surface area contributed by atoms with Gasteiger partial charge in [0.1, 0.15) is 11.7 Å². The second kappa shape index (κ2) is 5.64. The average Bonchev–Trinajstić information content (AvgIpc) is 3.00. The number of benzene rings is 2. The molecule has 0 fully saturated rings. The molecule has 0 spiro atoms. The van der Waals surface area contributed by atoms with Crippen LogP contribution >= 0.6 is 0 Å². The van der Waals surface area contributed by atoms with Gasteiger partial charge in [0.05, 0.1) is 13.2 Å². The quantitative estimate of drug-likeness (QED) is 0.750. The van der Waals surface area contributed by atoms with E-state index in [9.17, 15) is 5.26 Å². The van der Waals surface area contributed by atoms with Crippen molar-refractivity contribution in [3.8, 4) is 17.7 Å². The third kappa shape index (κ3) is 2.17. The number of fused-ring (bicyclic) bond motifs is 2. The lowest BCUT2D eigenvalue weighted by molar-refractivity contribution is 0.419. The number of aromatic amines is 1. The van der Waals surface area contributed by atoms with Gasteiger partial charge in [0.2, 0.25) is 11.8 Å². The molecule has 0 aliphatic carbocycles. The molecule has 0 saturated carbocycles. The summed E-state index contributed by atoms with van der Waals surface area (Å²) in [5, 5.41) is 26.8. The fourth-order valence-corrected chi connectivity index (χ4v) is 3.56. The minimum Gasteiger partial charge on any atom is -0.496 e. The minimum absolute atomic E-state index is 0.0774. The van der Waals surface area contributed by atoms with Crippen molar-refractivity contribution < 1.29 is 9.47 Å². The molecule has 2 aromatic carbocycles. The van der Waals surface area contributed by atoms with Crippen LogP contribution in [-0.4, -0.2) is 23.2 Å². The first kappa shape index (κ1) is 15.2. The summed E-state index contributed by atoms with van der Waals surface area (Å²) in [6, 6.07) is 14.0. The Labute approximate surface area is 144 Å². The largest absolute Gasteiger partial charge is 0.496 e. The first-order chi connectivity index (χ1) is 12.2. The molecule has 6 nitrogen and oxygen atoms in total. The first-order valence-corrected chi connectivity index (χ1v) is 7.92. The number of methoxy groups -OCH3 is 1. The Morgan fingerprint density at radius 2 is 2.00 bits per heavy atom. The molecule has 2 N–H and O–H groups in total. The van der Waals surface area contributed by atoms with Crippen molar-refractivity contribution >= 4 is 16.7 Å². The van der Waals surface area contributed by atoms with Gasteiger partial charge in [-0.25, -0.2) is 0 Å². The fraction of sp³-hybridized carbons (Fsp3) is 0.211. The number of aromatic nitrogens is 2. The van der Waals surface area contributed by atoms with Gasteiger partial charge in [-0.3, -0.25) is 10.5 Å². The average molecular weight is 332 g/mol. The van der Waals surface area contributed by atoms with Crippen LogP contribution in [0.3, 0.4) is 0 Å². The summed E-state index contributed by atoms with van der Waals surface area (Å²) in [5.74, 6) is 0.0424. The molecule has 0 radical (unpaired) electrons. The summed E-state index contributed by atoms with van der Waals surface area (Å²) < 4.78 is 10.9. The summed E-state index contributed by atoms with van der Waals surface area (Å²) in [6.07, 6.45) is 0. The maximum atomic E-state index is 9.69. The highest BCUT2D eigenvalue weighted by atomic mass is 16.5. The Balaban J connectivity index is 2.03. The zero-order valence-electron chi connectivity index (χ0n) is 13.8. The highest BCUT2D eigenvalue weighted by Gasteiger charge is 2.40. The van der Waals surface area contributed by atoms with Crippen LogP contribution in [0.15, 0.2) is 36.4 Å². The van der Waals surface area contributed by atoms with Gasteiger partial charge in [0, 0.05) is 22.6 Å². The third-order valence-electron chi connectivity index (χ3n) is 4.70.